The number of anilines is 2. The number of imidazole rings is 3. The van der Waals surface area contributed by atoms with E-state index < -0.39 is 0 Å². The van der Waals surface area contributed by atoms with E-state index in [9.17, 15) is 0 Å². The normalized spacial score (nSPS) is 10.6. The van der Waals surface area contributed by atoms with Crippen LogP contribution in [-0.4, -0.2) is 66.9 Å². The second-order valence-corrected chi connectivity index (χ2v) is 7.09. The highest BCUT2D eigenvalue weighted by atomic mass is 35.5. The van der Waals surface area contributed by atoms with Crippen molar-refractivity contribution in [1.82, 2.24) is 59.8 Å². The molecule has 0 aliphatic heterocycles. The van der Waals surface area contributed by atoms with E-state index in [4.69, 9.17) is 51.0 Å². The second-order valence-electron chi connectivity index (χ2n) is 6.06. The fourth-order valence-electron chi connectivity index (χ4n) is 2.53. The van der Waals surface area contributed by atoms with E-state index >= 15 is 0 Å². The van der Waals surface area contributed by atoms with Crippen LogP contribution in [0.1, 0.15) is 0 Å². The number of ether oxygens (including phenoxy) is 1. The maximum absolute atomic E-state index is 5.70. The molecule has 174 valence electrons. The molecule has 0 radical (unpaired) electrons. The topological polar surface area (TPSA) is 225 Å². The molecule has 0 saturated carbocycles. The lowest BCUT2D eigenvalue weighted by Crippen LogP contribution is -1.97. The zero-order valence-corrected chi connectivity index (χ0v) is 19.2. The minimum absolute atomic E-state index is 0.106. The van der Waals surface area contributed by atoms with Crippen LogP contribution in [0.4, 0.5) is 11.6 Å². The van der Waals surface area contributed by atoms with Gasteiger partial charge >= 0.3 is 6.01 Å². The first kappa shape index (κ1) is 23.1. The summed E-state index contributed by atoms with van der Waals surface area (Å²) in [5.74, 6) is 0.659. The van der Waals surface area contributed by atoms with Crippen molar-refractivity contribution < 1.29 is 4.74 Å². The molecule has 0 spiro atoms. The molecule has 0 fully saturated rings. The molecule has 6 rings (SSSR count). The third-order valence-corrected chi connectivity index (χ3v) is 4.59. The summed E-state index contributed by atoms with van der Waals surface area (Å²) >= 11 is 16.7. The van der Waals surface area contributed by atoms with Crippen molar-refractivity contribution in [2.75, 3.05) is 18.6 Å². The zero-order valence-electron chi connectivity index (χ0n) is 17.0. The van der Waals surface area contributed by atoms with Gasteiger partial charge in [-0.05, 0) is 23.2 Å². The molecular formula is C16H13Cl3N14O. The maximum atomic E-state index is 5.70. The van der Waals surface area contributed by atoms with Crippen LogP contribution in [0.15, 0.2) is 19.0 Å². The largest absolute Gasteiger partial charge is 0.467 e. The average molecular weight is 524 g/mol. The maximum Gasteiger partial charge on any atom is 0.320 e. The first-order valence-corrected chi connectivity index (χ1v) is 10.1. The van der Waals surface area contributed by atoms with E-state index in [1.165, 1.54) is 26.1 Å². The molecule has 34 heavy (non-hydrogen) atoms. The van der Waals surface area contributed by atoms with E-state index in [0.717, 1.165) is 0 Å². The van der Waals surface area contributed by atoms with Gasteiger partial charge in [-0.25, -0.2) is 19.9 Å². The Balaban J connectivity index is 0.000000121. The van der Waals surface area contributed by atoms with Crippen molar-refractivity contribution >= 4 is 79.9 Å². The summed E-state index contributed by atoms with van der Waals surface area (Å²) in [6, 6.07) is 0.229. The van der Waals surface area contributed by atoms with Crippen molar-refractivity contribution in [2.24, 2.45) is 0 Å². The standard InChI is InChI=1S/C6H7N5O.C5H2Cl2N4.C5H4ClN5/c1-12-6-10-4(7)3-5(11-6)9-2-8-3;6-3-2-4(9-1-8-2)11-5(7)10-3;6-5-10-3(7)2-4(11-5)9-1-8-2/h2H,1H3,(H3,7,8,9,10,11);1H,(H,8,9,10,11);1H,(H3,7,8,9,10,11). The van der Waals surface area contributed by atoms with Crippen LogP contribution in [-0.2, 0) is 0 Å². The Hall–Kier alpha value is -4.08. The molecule has 6 aromatic rings. The van der Waals surface area contributed by atoms with Gasteiger partial charge in [0.1, 0.15) is 16.6 Å². The highest BCUT2D eigenvalue weighted by Crippen LogP contribution is 2.18. The van der Waals surface area contributed by atoms with Gasteiger partial charge in [-0.1, -0.05) is 11.6 Å². The minimum atomic E-state index is 0.106. The number of aromatic amines is 3. The van der Waals surface area contributed by atoms with Crippen molar-refractivity contribution in [1.29, 1.82) is 0 Å². The SMILES string of the molecule is COc1nc(N)c2[nH]cnc2n1.Clc1nc(Cl)c2[nH]cnc2n1.Nc1nc(Cl)nc2nc[nH]c12. The van der Waals surface area contributed by atoms with Crippen molar-refractivity contribution in [3.63, 3.8) is 0 Å². The van der Waals surface area contributed by atoms with Crippen LogP contribution in [0.5, 0.6) is 6.01 Å². The first-order valence-electron chi connectivity index (χ1n) is 9.00. The molecule has 0 saturated heterocycles. The van der Waals surface area contributed by atoms with Crippen molar-refractivity contribution in [2.45, 2.75) is 0 Å². The number of halogens is 3. The molecule has 7 N–H and O–H groups in total. The fraction of sp³-hybridized carbons (Fsp3) is 0.0625. The number of hydrogen-bond donors (Lipinski definition) is 5. The number of nitrogen functional groups attached to an aromatic ring is 2. The molecule has 0 unspecified atom stereocenters. The second kappa shape index (κ2) is 9.82. The highest BCUT2D eigenvalue weighted by Gasteiger charge is 2.07. The van der Waals surface area contributed by atoms with Gasteiger partial charge in [-0.2, -0.15) is 24.9 Å². The lowest BCUT2D eigenvalue weighted by Gasteiger charge is -1.98. The number of rotatable bonds is 1. The number of methoxy groups -OCH3 is 1. The van der Waals surface area contributed by atoms with Crippen LogP contribution < -0.4 is 16.2 Å². The van der Waals surface area contributed by atoms with Crippen LogP contribution >= 0.6 is 34.8 Å². The number of nitrogens with zero attached hydrogens (tertiary/aromatic N) is 9. The van der Waals surface area contributed by atoms with Crippen LogP contribution in [0.2, 0.25) is 15.7 Å². The quantitative estimate of drug-likeness (QED) is 0.154. The summed E-state index contributed by atoms with van der Waals surface area (Å²) in [5.41, 5.74) is 14.4. The van der Waals surface area contributed by atoms with Gasteiger partial charge in [0.05, 0.1) is 26.1 Å². The summed E-state index contributed by atoms with van der Waals surface area (Å²) in [5, 5.41) is 0.509. The van der Waals surface area contributed by atoms with E-state index in [2.05, 4.69) is 59.8 Å². The highest BCUT2D eigenvalue weighted by molar-refractivity contribution is 6.35. The van der Waals surface area contributed by atoms with Gasteiger partial charge in [0.25, 0.3) is 0 Å². The number of aromatic nitrogens is 12. The molecule has 0 amide bonds. The molecular weight excluding hydrogens is 511 g/mol. The van der Waals surface area contributed by atoms with Gasteiger partial charge in [-0.3, -0.25) is 0 Å². The number of nitrogens with one attached hydrogen (secondary N) is 3. The minimum Gasteiger partial charge on any atom is -0.467 e. The van der Waals surface area contributed by atoms with E-state index in [1.807, 2.05) is 0 Å². The number of nitrogens with two attached hydrogens (primary N) is 2. The van der Waals surface area contributed by atoms with Crippen molar-refractivity contribution in [3.8, 4) is 6.01 Å². The molecule has 0 aromatic carbocycles. The Bertz CT molecular complexity index is 1500. The smallest absolute Gasteiger partial charge is 0.320 e. The van der Waals surface area contributed by atoms with Gasteiger partial charge < -0.3 is 31.2 Å². The van der Waals surface area contributed by atoms with Gasteiger partial charge in [-0.15, -0.1) is 0 Å². The average Bonchev–Trinajstić information content (AvgIpc) is 3.54. The Morgan fingerprint density at radius 3 is 1.71 bits per heavy atom. The third kappa shape index (κ3) is 4.95. The molecule has 15 nitrogen and oxygen atoms in total. The molecule has 6 heterocycles. The number of hydrogen-bond acceptors (Lipinski definition) is 12. The van der Waals surface area contributed by atoms with Gasteiger partial charge in [0.15, 0.2) is 33.7 Å². The summed E-state index contributed by atoms with van der Waals surface area (Å²) in [6.45, 7) is 0. The van der Waals surface area contributed by atoms with E-state index in [1.54, 1.807) is 0 Å². The monoisotopic (exact) mass is 522 g/mol. The fourth-order valence-corrected chi connectivity index (χ4v) is 3.13. The molecule has 18 heteroatoms. The summed E-state index contributed by atoms with van der Waals surface area (Å²) < 4.78 is 4.82. The lowest BCUT2D eigenvalue weighted by molar-refractivity contribution is 0.382. The summed E-state index contributed by atoms with van der Waals surface area (Å²) in [6.07, 6.45) is 4.49. The van der Waals surface area contributed by atoms with Gasteiger partial charge in [0.2, 0.25) is 10.6 Å². The molecule has 0 bridgehead atoms. The Morgan fingerprint density at radius 2 is 1.12 bits per heavy atom. The molecule has 6 aromatic heterocycles. The molecule has 0 aliphatic rings. The Morgan fingerprint density at radius 1 is 0.647 bits per heavy atom. The lowest BCUT2D eigenvalue weighted by atomic mass is 10.5. The zero-order chi connectivity index (χ0) is 24.2. The number of fused-ring (bicyclic) bond motifs is 3. The van der Waals surface area contributed by atoms with E-state index in [0.29, 0.717) is 45.1 Å². The molecule has 0 aliphatic carbocycles. The molecule has 0 atom stereocenters. The van der Waals surface area contributed by atoms with Crippen LogP contribution in [0, 0.1) is 0 Å². The summed E-state index contributed by atoms with van der Waals surface area (Å²) in [7, 11) is 1.48. The van der Waals surface area contributed by atoms with Crippen molar-refractivity contribution in [3.05, 3.63) is 34.7 Å². The predicted molar refractivity (Wildman–Crippen MR) is 125 cm³/mol. The Labute approximate surface area is 203 Å². The third-order valence-electron chi connectivity index (χ3n) is 3.98. The summed E-state index contributed by atoms with van der Waals surface area (Å²) in [4.78, 5) is 43.0. The van der Waals surface area contributed by atoms with Crippen LogP contribution in [0.25, 0.3) is 33.5 Å². The van der Waals surface area contributed by atoms with Crippen LogP contribution in [0.3, 0.4) is 0 Å². The number of H-pyrrole nitrogens is 3. The Kier molecular flexibility index (Phi) is 6.67. The van der Waals surface area contributed by atoms with Gasteiger partial charge in [0, 0.05) is 0 Å². The van der Waals surface area contributed by atoms with E-state index in [-0.39, 0.29) is 21.7 Å². The first-order chi connectivity index (χ1) is 16.4. The predicted octanol–water partition coefficient (Wildman–Crippen LogP) is 2.19.